The van der Waals surface area contributed by atoms with Crippen LogP contribution in [0.25, 0.3) is 0 Å². The van der Waals surface area contributed by atoms with Crippen molar-refractivity contribution in [3.05, 3.63) is 66.2 Å². The van der Waals surface area contributed by atoms with Gasteiger partial charge in [-0.25, -0.2) is 4.40 Å². The van der Waals surface area contributed by atoms with E-state index in [1.165, 1.54) is 11.9 Å². The second-order valence-electron chi connectivity index (χ2n) is 3.05. The first-order valence-corrected chi connectivity index (χ1v) is 5.53. The van der Waals surface area contributed by atoms with E-state index in [2.05, 4.69) is 4.40 Å². The molecular formula is C13H11NS. The van der Waals surface area contributed by atoms with Gasteiger partial charge in [0, 0.05) is 23.1 Å². The van der Waals surface area contributed by atoms with E-state index in [1.54, 1.807) is 0 Å². The molecule has 0 atom stereocenters. The molecule has 1 nitrogen and oxygen atoms in total. The molecule has 0 aliphatic carbocycles. The summed E-state index contributed by atoms with van der Waals surface area (Å²) in [4.78, 5) is 1.16. The molecule has 2 rings (SSSR count). The fraction of sp³-hybridized carbons (Fsp3) is 0. The Morgan fingerprint density at radius 3 is 2.07 bits per heavy atom. The predicted octanol–water partition coefficient (Wildman–Crippen LogP) is 3.81. The van der Waals surface area contributed by atoms with Crippen LogP contribution in [-0.4, -0.2) is 6.21 Å². The van der Waals surface area contributed by atoms with Gasteiger partial charge in [0.1, 0.15) is 0 Å². The molecule has 74 valence electrons. The molecule has 0 heterocycles. The Balaban J connectivity index is 1.97. The van der Waals surface area contributed by atoms with E-state index in [0.29, 0.717) is 0 Å². The number of hydrogen-bond acceptors (Lipinski definition) is 2. The van der Waals surface area contributed by atoms with Crippen molar-refractivity contribution in [3.63, 3.8) is 0 Å². The smallest absolute Gasteiger partial charge is 0.0428 e. The molecule has 0 amide bonds. The first-order valence-electron chi connectivity index (χ1n) is 4.75. The topological polar surface area (TPSA) is 12.4 Å². The molecule has 15 heavy (non-hydrogen) atoms. The quantitative estimate of drug-likeness (QED) is 0.558. The van der Waals surface area contributed by atoms with Gasteiger partial charge in [-0.2, -0.15) is 0 Å². The van der Waals surface area contributed by atoms with E-state index in [9.17, 15) is 0 Å². The molecule has 0 aliphatic heterocycles. The first-order chi connectivity index (χ1) is 7.45. The van der Waals surface area contributed by atoms with E-state index in [4.69, 9.17) is 0 Å². The fourth-order valence-corrected chi connectivity index (χ4v) is 1.74. The van der Waals surface area contributed by atoms with Crippen molar-refractivity contribution in [1.82, 2.24) is 0 Å². The van der Waals surface area contributed by atoms with Crippen LogP contribution in [0.3, 0.4) is 0 Å². The second-order valence-corrected chi connectivity index (χ2v) is 3.91. The molecule has 0 bridgehead atoms. The van der Waals surface area contributed by atoms with E-state index in [-0.39, 0.29) is 0 Å². The summed E-state index contributed by atoms with van der Waals surface area (Å²) in [6.45, 7) is 0. The van der Waals surface area contributed by atoms with Crippen molar-refractivity contribution in [2.24, 2.45) is 4.40 Å². The van der Waals surface area contributed by atoms with Crippen LogP contribution in [0, 0.1) is 0 Å². The molecule has 2 heteroatoms. The number of hydrogen-bond donors (Lipinski definition) is 0. The maximum atomic E-state index is 4.30. The Kier molecular flexibility index (Phi) is 3.58. The van der Waals surface area contributed by atoms with Crippen LogP contribution in [0.4, 0.5) is 0 Å². The molecule has 0 fully saturated rings. The predicted molar refractivity (Wildman–Crippen MR) is 66.3 cm³/mol. The molecule has 0 saturated heterocycles. The van der Waals surface area contributed by atoms with Crippen molar-refractivity contribution in [3.8, 4) is 0 Å². The van der Waals surface area contributed by atoms with Crippen LogP contribution in [0.15, 0.2) is 70.0 Å². The summed E-state index contributed by atoms with van der Waals surface area (Å²) >= 11 is 1.48. The SMILES string of the molecule is C(=N\Sc1ccccc1)/c1ccccc1. The standard InChI is InChI=1S/C13H11NS/c1-3-7-12(8-4-1)11-14-15-13-9-5-2-6-10-13/h1-11H/b14-11+. The molecule has 0 unspecified atom stereocenters. The first kappa shape index (κ1) is 9.99. The van der Waals surface area contributed by atoms with Crippen molar-refractivity contribution in [1.29, 1.82) is 0 Å². The van der Waals surface area contributed by atoms with Gasteiger partial charge in [0.05, 0.1) is 0 Å². The lowest BCUT2D eigenvalue weighted by Crippen LogP contribution is -1.76. The van der Waals surface area contributed by atoms with Crippen molar-refractivity contribution in [2.75, 3.05) is 0 Å². The number of rotatable bonds is 3. The normalized spacial score (nSPS) is 10.7. The van der Waals surface area contributed by atoms with Gasteiger partial charge in [-0.1, -0.05) is 48.5 Å². The van der Waals surface area contributed by atoms with Crippen LogP contribution in [0.1, 0.15) is 5.56 Å². The molecule has 0 aromatic heterocycles. The maximum absolute atomic E-state index is 4.30. The zero-order valence-corrected chi connectivity index (χ0v) is 9.02. The van der Waals surface area contributed by atoms with E-state index >= 15 is 0 Å². The Bertz CT molecular complexity index is 423. The van der Waals surface area contributed by atoms with Gasteiger partial charge in [-0.3, -0.25) is 0 Å². The third-order valence-corrected chi connectivity index (χ3v) is 2.60. The van der Waals surface area contributed by atoms with Crippen LogP contribution in [-0.2, 0) is 0 Å². The molecule has 0 spiro atoms. The molecule has 2 aromatic carbocycles. The maximum Gasteiger partial charge on any atom is 0.0428 e. The third kappa shape index (κ3) is 3.26. The van der Waals surface area contributed by atoms with Gasteiger partial charge in [-0.15, -0.1) is 0 Å². The average molecular weight is 213 g/mol. The highest BCUT2D eigenvalue weighted by atomic mass is 32.2. The Morgan fingerprint density at radius 2 is 1.40 bits per heavy atom. The van der Waals surface area contributed by atoms with Crippen LogP contribution >= 0.6 is 11.9 Å². The second kappa shape index (κ2) is 5.37. The molecule has 2 aromatic rings. The third-order valence-electron chi connectivity index (χ3n) is 1.90. The summed E-state index contributed by atoms with van der Waals surface area (Å²) in [5.41, 5.74) is 1.13. The molecule has 0 N–H and O–H groups in total. The zero-order chi connectivity index (χ0) is 10.3. The lowest BCUT2D eigenvalue weighted by atomic mass is 10.2. The van der Waals surface area contributed by atoms with Gasteiger partial charge in [0.2, 0.25) is 0 Å². The fourth-order valence-electron chi connectivity index (χ4n) is 1.17. The summed E-state index contributed by atoms with van der Waals surface area (Å²) in [6.07, 6.45) is 1.87. The van der Waals surface area contributed by atoms with Gasteiger partial charge < -0.3 is 0 Å². The van der Waals surface area contributed by atoms with Crippen LogP contribution in [0.2, 0.25) is 0 Å². The summed E-state index contributed by atoms with van der Waals surface area (Å²) < 4.78 is 4.30. The summed E-state index contributed by atoms with van der Waals surface area (Å²) in [5.74, 6) is 0. The number of benzene rings is 2. The molecular weight excluding hydrogens is 202 g/mol. The molecule has 0 radical (unpaired) electrons. The molecule has 0 aliphatic rings. The highest BCUT2D eigenvalue weighted by Gasteiger charge is 1.88. The number of nitrogens with zero attached hydrogens (tertiary/aromatic N) is 1. The monoisotopic (exact) mass is 213 g/mol. The zero-order valence-electron chi connectivity index (χ0n) is 8.21. The van der Waals surface area contributed by atoms with E-state index in [0.717, 1.165) is 10.5 Å². The van der Waals surface area contributed by atoms with Gasteiger partial charge in [-0.05, 0) is 17.7 Å². The Hall–Kier alpha value is -1.54. The lowest BCUT2D eigenvalue weighted by Gasteiger charge is -1.93. The average Bonchev–Trinajstić information content (AvgIpc) is 2.32. The van der Waals surface area contributed by atoms with Gasteiger partial charge in [0.25, 0.3) is 0 Å². The van der Waals surface area contributed by atoms with E-state index in [1.807, 2.05) is 66.9 Å². The van der Waals surface area contributed by atoms with Gasteiger partial charge in [0.15, 0.2) is 0 Å². The van der Waals surface area contributed by atoms with Crippen LogP contribution in [0.5, 0.6) is 0 Å². The summed E-state index contributed by atoms with van der Waals surface area (Å²) in [7, 11) is 0. The van der Waals surface area contributed by atoms with Gasteiger partial charge >= 0.3 is 0 Å². The summed E-state index contributed by atoms with van der Waals surface area (Å²) in [5, 5.41) is 0. The Morgan fingerprint density at radius 1 is 0.800 bits per heavy atom. The molecule has 0 saturated carbocycles. The highest BCUT2D eigenvalue weighted by molar-refractivity contribution is 7.98. The van der Waals surface area contributed by atoms with Crippen LogP contribution < -0.4 is 0 Å². The highest BCUT2D eigenvalue weighted by Crippen LogP contribution is 2.17. The minimum Gasteiger partial charge on any atom is -0.219 e. The lowest BCUT2D eigenvalue weighted by molar-refractivity contribution is 1.46. The Labute approximate surface area is 94.0 Å². The van der Waals surface area contributed by atoms with Crippen molar-refractivity contribution < 1.29 is 0 Å². The van der Waals surface area contributed by atoms with E-state index < -0.39 is 0 Å². The van der Waals surface area contributed by atoms with Crippen molar-refractivity contribution in [2.45, 2.75) is 4.90 Å². The summed E-state index contributed by atoms with van der Waals surface area (Å²) in [6, 6.07) is 20.2. The minimum atomic E-state index is 1.13. The minimum absolute atomic E-state index is 1.13. The van der Waals surface area contributed by atoms with Crippen molar-refractivity contribution >= 4 is 18.2 Å². The largest absolute Gasteiger partial charge is 0.219 e.